The van der Waals surface area contributed by atoms with Gasteiger partial charge in [-0.25, -0.2) is 13.4 Å². The molecule has 4 nitrogen and oxygen atoms in total. The van der Waals surface area contributed by atoms with Gasteiger partial charge in [0.1, 0.15) is 11.2 Å². The Morgan fingerprint density at radius 1 is 1.33 bits per heavy atom. The molecule has 1 aromatic carbocycles. The molecular weight excluding hydrogens is 236 g/mol. The number of halogens is 1. The lowest BCUT2D eigenvalue weighted by atomic mass is 10.3. The van der Waals surface area contributed by atoms with Crippen LogP contribution in [0.2, 0.25) is 0 Å². The molecule has 0 saturated carbocycles. The van der Waals surface area contributed by atoms with Crippen LogP contribution in [0.4, 0.5) is 5.69 Å². The van der Waals surface area contributed by atoms with Crippen LogP contribution in [0.1, 0.15) is 0 Å². The van der Waals surface area contributed by atoms with Gasteiger partial charge in [0.25, 0.3) is 10.0 Å². The minimum atomic E-state index is -3.45. The van der Waals surface area contributed by atoms with E-state index in [1.54, 1.807) is 24.3 Å². The molecule has 0 unspecified atom stereocenters. The van der Waals surface area contributed by atoms with Gasteiger partial charge in [-0.05, 0) is 12.1 Å². The van der Waals surface area contributed by atoms with Crippen molar-refractivity contribution in [3.05, 3.63) is 24.3 Å². The van der Waals surface area contributed by atoms with Gasteiger partial charge in [0.15, 0.2) is 0 Å². The van der Waals surface area contributed by atoms with Crippen molar-refractivity contribution in [1.82, 2.24) is 4.31 Å². The van der Waals surface area contributed by atoms with Crippen molar-refractivity contribution in [2.75, 3.05) is 12.4 Å². The van der Waals surface area contributed by atoms with E-state index in [1.807, 2.05) is 0 Å². The molecule has 2 rings (SSSR count). The van der Waals surface area contributed by atoms with Gasteiger partial charge in [0, 0.05) is 12.4 Å². The maximum atomic E-state index is 12.0. The number of rotatable bonds is 2. The molecule has 0 amide bonds. The predicted octanol–water partition coefficient (Wildman–Crippen LogP) is 1.59. The first-order valence-electron chi connectivity index (χ1n) is 4.37. The molecule has 0 bridgehead atoms. The molecule has 0 aliphatic carbocycles. The summed E-state index contributed by atoms with van der Waals surface area (Å²) in [6.45, 7) is 0.238. The Bertz CT molecular complexity index is 499. The number of hydrogen-bond acceptors (Lipinski definition) is 3. The van der Waals surface area contributed by atoms with Crippen molar-refractivity contribution in [3.8, 4) is 0 Å². The van der Waals surface area contributed by atoms with E-state index in [-0.39, 0.29) is 17.3 Å². The van der Waals surface area contributed by atoms with E-state index in [9.17, 15) is 8.42 Å². The highest BCUT2D eigenvalue weighted by molar-refractivity contribution is 7.89. The van der Waals surface area contributed by atoms with E-state index in [2.05, 4.69) is 4.99 Å². The molecule has 1 aliphatic rings. The van der Waals surface area contributed by atoms with Crippen LogP contribution < -0.4 is 0 Å². The first kappa shape index (κ1) is 10.4. The summed E-state index contributed by atoms with van der Waals surface area (Å²) in [5.74, 6) is 0.243. The number of nitrogens with zero attached hydrogens (tertiary/aromatic N) is 2. The zero-order valence-corrected chi connectivity index (χ0v) is 9.37. The summed E-state index contributed by atoms with van der Waals surface area (Å²) < 4.78 is 25.1. The van der Waals surface area contributed by atoms with Crippen LogP contribution in [0, 0.1) is 0 Å². The van der Waals surface area contributed by atoms with Gasteiger partial charge in [-0.2, -0.15) is 0 Å². The summed E-state index contributed by atoms with van der Waals surface area (Å²) in [5.41, 5.74) is 0.475. The summed E-state index contributed by atoms with van der Waals surface area (Å²) >= 11 is 5.52. The van der Waals surface area contributed by atoms with Crippen molar-refractivity contribution in [3.63, 3.8) is 0 Å². The second-order valence-electron chi connectivity index (χ2n) is 3.02. The third-order valence-electron chi connectivity index (χ3n) is 2.08. The fraction of sp³-hybridized carbons (Fsp3) is 0.222. The molecule has 0 N–H and O–H groups in total. The van der Waals surface area contributed by atoms with Gasteiger partial charge in [-0.3, -0.25) is 4.31 Å². The molecule has 0 saturated heterocycles. The van der Waals surface area contributed by atoms with Crippen LogP contribution in [0.3, 0.4) is 0 Å². The third kappa shape index (κ3) is 1.72. The monoisotopic (exact) mass is 244 g/mol. The van der Waals surface area contributed by atoms with Crippen molar-refractivity contribution < 1.29 is 8.42 Å². The molecule has 1 heterocycles. The average Bonchev–Trinajstić information content (AvgIpc) is 2.23. The number of hydrogen-bond donors (Lipinski definition) is 0. The largest absolute Gasteiger partial charge is 0.267 e. The molecule has 0 fully saturated rings. The maximum absolute atomic E-state index is 12.0. The summed E-state index contributed by atoms with van der Waals surface area (Å²) in [6, 6.07) is 6.64. The zero-order chi connectivity index (χ0) is 10.9. The lowest BCUT2D eigenvalue weighted by Gasteiger charge is -2.22. The van der Waals surface area contributed by atoms with Crippen LogP contribution >= 0.6 is 11.6 Å². The van der Waals surface area contributed by atoms with Crippen LogP contribution in [0.5, 0.6) is 0 Å². The topological polar surface area (TPSA) is 49.7 Å². The quantitative estimate of drug-likeness (QED) is 0.742. The van der Waals surface area contributed by atoms with Crippen molar-refractivity contribution in [2.45, 2.75) is 4.90 Å². The Balaban J connectivity index is 2.53. The smallest absolute Gasteiger partial charge is 0.255 e. The number of aliphatic imine (C=N–C) groups is 1. The molecule has 15 heavy (non-hydrogen) atoms. The molecule has 0 radical (unpaired) electrons. The van der Waals surface area contributed by atoms with Gasteiger partial charge in [0.05, 0.1) is 5.69 Å². The first-order chi connectivity index (χ1) is 7.16. The molecular formula is C9H9ClN2O2S. The highest BCUT2D eigenvalue weighted by Crippen LogP contribution is 2.29. The molecule has 0 atom stereocenters. The van der Waals surface area contributed by atoms with E-state index >= 15 is 0 Å². The van der Waals surface area contributed by atoms with Gasteiger partial charge in [0.2, 0.25) is 0 Å². The normalized spacial score (nSPS) is 17.5. The first-order valence-corrected chi connectivity index (χ1v) is 6.35. The Hall–Kier alpha value is -1.07. The highest BCUT2D eigenvalue weighted by Gasteiger charge is 2.27. The molecule has 1 aliphatic heterocycles. The van der Waals surface area contributed by atoms with Gasteiger partial charge in [-0.15, -0.1) is 11.6 Å². The van der Waals surface area contributed by atoms with Crippen LogP contribution in [0.25, 0.3) is 0 Å². The van der Waals surface area contributed by atoms with Crippen molar-refractivity contribution in [1.29, 1.82) is 0 Å². The fourth-order valence-corrected chi connectivity index (χ4v) is 3.03. The third-order valence-corrected chi connectivity index (χ3v) is 4.05. The van der Waals surface area contributed by atoms with E-state index in [0.717, 1.165) is 4.31 Å². The fourth-order valence-electron chi connectivity index (χ4n) is 1.36. The van der Waals surface area contributed by atoms with Crippen molar-refractivity contribution >= 4 is 33.7 Å². The number of alkyl halides is 1. The lowest BCUT2D eigenvalue weighted by Crippen LogP contribution is -2.33. The maximum Gasteiger partial charge on any atom is 0.267 e. The summed E-state index contributed by atoms with van der Waals surface area (Å²) in [7, 11) is -3.45. The molecule has 6 heteroatoms. The van der Waals surface area contributed by atoms with E-state index in [1.165, 1.54) is 6.34 Å². The van der Waals surface area contributed by atoms with Crippen LogP contribution in [-0.2, 0) is 10.0 Å². The summed E-state index contributed by atoms with van der Waals surface area (Å²) in [5, 5.41) is 0. The number of sulfonamides is 1. The summed E-state index contributed by atoms with van der Waals surface area (Å²) in [4.78, 5) is 4.29. The molecule has 0 aromatic heterocycles. The summed E-state index contributed by atoms with van der Waals surface area (Å²) in [6.07, 6.45) is 1.31. The standard InChI is InChI=1S/C9H9ClN2O2S/c10-5-6-12-7-11-8-3-1-2-4-9(8)15(12,13)14/h1-4,7H,5-6H2. The van der Waals surface area contributed by atoms with E-state index in [0.29, 0.717) is 5.69 Å². The van der Waals surface area contributed by atoms with Crippen LogP contribution in [-0.4, -0.2) is 31.5 Å². The lowest BCUT2D eigenvalue weighted by molar-refractivity contribution is 0.535. The zero-order valence-electron chi connectivity index (χ0n) is 7.80. The van der Waals surface area contributed by atoms with E-state index in [4.69, 9.17) is 11.6 Å². The van der Waals surface area contributed by atoms with Gasteiger partial charge < -0.3 is 0 Å². The minimum Gasteiger partial charge on any atom is -0.255 e. The highest BCUT2D eigenvalue weighted by atomic mass is 35.5. The molecule has 80 valence electrons. The van der Waals surface area contributed by atoms with Crippen LogP contribution in [0.15, 0.2) is 34.2 Å². The number of fused-ring (bicyclic) bond motifs is 1. The number of para-hydroxylation sites is 1. The second kappa shape index (κ2) is 3.83. The number of benzene rings is 1. The van der Waals surface area contributed by atoms with Gasteiger partial charge >= 0.3 is 0 Å². The van der Waals surface area contributed by atoms with Gasteiger partial charge in [-0.1, -0.05) is 12.1 Å². The Labute approximate surface area is 93.2 Å². The average molecular weight is 245 g/mol. The predicted molar refractivity (Wildman–Crippen MR) is 59.2 cm³/mol. The Morgan fingerprint density at radius 3 is 2.80 bits per heavy atom. The van der Waals surface area contributed by atoms with E-state index < -0.39 is 10.0 Å². The minimum absolute atomic E-state index is 0.234. The molecule has 1 aromatic rings. The Kier molecular flexibility index (Phi) is 2.67. The SMILES string of the molecule is O=S1(=O)c2ccccc2N=CN1CCCl. The second-order valence-corrected chi connectivity index (χ2v) is 5.25. The molecule has 0 spiro atoms. The Morgan fingerprint density at radius 2 is 2.07 bits per heavy atom. The van der Waals surface area contributed by atoms with Crippen molar-refractivity contribution in [2.24, 2.45) is 4.99 Å².